The number of aromatic hydroxyl groups is 1. The molecule has 1 N–H and O–H groups in total. The molecule has 0 saturated carbocycles. The van der Waals surface area contributed by atoms with E-state index < -0.39 is 5.60 Å². The number of benzene rings is 2. The minimum absolute atomic E-state index is 0.285. The largest absolute Gasteiger partial charge is 0.507 e. The summed E-state index contributed by atoms with van der Waals surface area (Å²) in [6, 6.07) is 17.1. The first kappa shape index (κ1) is 22.9. The summed E-state index contributed by atoms with van der Waals surface area (Å²) in [5.41, 5.74) is 1.55. The molecule has 0 bridgehead atoms. The standard InChI is InChI=1S/C8H8O.C8H8.C7H12O2/c1-2-7-5-3-4-6-8(7)9;1-2-8-6-4-3-5-7-8;1-5-6(8)9-7(2,3)4/h2-6,9H,1H2;2-7H,1H2;5H,1H2,2-4H3. The number of hydrogen-bond acceptors (Lipinski definition) is 3. The van der Waals surface area contributed by atoms with Gasteiger partial charge in [0.05, 0.1) is 0 Å². The number of carbonyl (C=O) groups excluding carboxylic acids is 1. The molecule has 0 fully saturated rings. The molecule has 2 aromatic carbocycles. The van der Waals surface area contributed by atoms with E-state index in [1.807, 2.05) is 69.3 Å². The average Bonchev–Trinajstić information content (AvgIpc) is 2.62. The predicted molar refractivity (Wildman–Crippen MR) is 111 cm³/mol. The van der Waals surface area contributed by atoms with Gasteiger partial charge in [0.25, 0.3) is 0 Å². The molecule has 0 aliphatic rings. The van der Waals surface area contributed by atoms with Gasteiger partial charge in [-0.25, -0.2) is 4.79 Å². The summed E-state index contributed by atoms with van der Waals surface area (Å²) < 4.78 is 4.83. The molecule has 138 valence electrons. The molecule has 0 amide bonds. The van der Waals surface area contributed by atoms with Crippen LogP contribution in [0.3, 0.4) is 0 Å². The number of rotatable bonds is 3. The van der Waals surface area contributed by atoms with Crippen LogP contribution in [-0.2, 0) is 9.53 Å². The summed E-state index contributed by atoms with van der Waals surface area (Å²) in [5.74, 6) is -0.0880. The second kappa shape index (κ2) is 12.3. The molecule has 0 atom stereocenters. The molecule has 0 radical (unpaired) electrons. The maximum Gasteiger partial charge on any atom is 0.330 e. The smallest absolute Gasteiger partial charge is 0.330 e. The quantitative estimate of drug-likeness (QED) is 0.554. The van der Waals surface area contributed by atoms with Crippen molar-refractivity contribution >= 4 is 18.1 Å². The van der Waals surface area contributed by atoms with Crippen molar-refractivity contribution in [2.24, 2.45) is 0 Å². The van der Waals surface area contributed by atoms with Gasteiger partial charge >= 0.3 is 5.97 Å². The minimum atomic E-state index is -0.398. The van der Waals surface area contributed by atoms with Crippen LogP contribution in [0.15, 0.2) is 80.4 Å². The lowest BCUT2D eigenvalue weighted by atomic mass is 10.2. The van der Waals surface area contributed by atoms with Crippen LogP contribution in [-0.4, -0.2) is 16.7 Å². The van der Waals surface area contributed by atoms with Crippen LogP contribution in [0, 0.1) is 0 Å². The third kappa shape index (κ3) is 11.5. The molecule has 0 saturated heterocycles. The lowest BCUT2D eigenvalue weighted by Crippen LogP contribution is -2.22. The fourth-order valence-electron chi connectivity index (χ4n) is 1.59. The minimum Gasteiger partial charge on any atom is -0.507 e. The summed E-state index contributed by atoms with van der Waals surface area (Å²) >= 11 is 0. The molecule has 2 rings (SSSR count). The second-order valence-corrected chi connectivity index (χ2v) is 6.12. The highest BCUT2D eigenvalue weighted by molar-refractivity contribution is 5.81. The van der Waals surface area contributed by atoms with E-state index in [2.05, 4.69) is 19.7 Å². The highest BCUT2D eigenvalue weighted by atomic mass is 16.6. The highest BCUT2D eigenvalue weighted by Gasteiger charge is 2.12. The maximum atomic E-state index is 10.5. The number of hydrogen-bond donors (Lipinski definition) is 1. The van der Waals surface area contributed by atoms with Crippen LogP contribution in [0.5, 0.6) is 5.75 Å². The highest BCUT2D eigenvalue weighted by Crippen LogP contribution is 2.15. The molecule has 26 heavy (non-hydrogen) atoms. The van der Waals surface area contributed by atoms with E-state index in [1.54, 1.807) is 18.2 Å². The van der Waals surface area contributed by atoms with Crippen molar-refractivity contribution in [3.05, 3.63) is 91.5 Å². The number of phenolic OH excluding ortho intramolecular Hbond substituents is 1. The predicted octanol–water partition coefficient (Wildman–Crippen LogP) is 5.88. The van der Waals surface area contributed by atoms with Crippen LogP contribution in [0.25, 0.3) is 12.2 Å². The van der Waals surface area contributed by atoms with E-state index in [4.69, 9.17) is 9.84 Å². The number of carbonyl (C=O) groups is 1. The number of esters is 1. The van der Waals surface area contributed by atoms with Crippen molar-refractivity contribution in [1.82, 2.24) is 0 Å². The van der Waals surface area contributed by atoms with E-state index in [9.17, 15) is 4.79 Å². The number of phenols is 1. The Kier molecular flexibility index (Phi) is 10.9. The van der Waals surface area contributed by atoms with Crippen LogP contribution in [0.4, 0.5) is 0 Å². The molecule has 0 aliphatic heterocycles. The Morgan fingerprint density at radius 1 is 0.923 bits per heavy atom. The zero-order valence-electron chi connectivity index (χ0n) is 15.8. The molecule has 2 aromatic rings. The molecular formula is C23H28O3. The summed E-state index contributed by atoms with van der Waals surface area (Å²) in [4.78, 5) is 10.5. The average molecular weight is 352 g/mol. The topological polar surface area (TPSA) is 46.5 Å². The zero-order valence-corrected chi connectivity index (χ0v) is 15.8. The first-order chi connectivity index (χ1) is 12.2. The van der Waals surface area contributed by atoms with Gasteiger partial charge in [0.15, 0.2) is 0 Å². The van der Waals surface area contributed by atoms with E-state index >= 15 is 0 Å². The van der Waals surface area contributed by atoms with Gasteiger partial charge in [0, 0.05) is 11.6 Å². The molecule has 0 heterocycles. The van der Waals surface area contributed by atoms with Crippen molar-refractivity contribution in [2.75, 3.05) is 0 Å². The monoisotopic (exact) mass is 352 g/mol. The normalized spacial score (nSPS) is 9.35. The Labute approximate surface area is 157 Å². The van der Waals surface area contributed by atoms with Gasteiger partial charge in [-0.3, -0.25) is 0 Å². The van der Waals surface area contributed by atoms with Gasteiger partial charge in [-0.15, -0.1) is 0 Å². The summed E-state index contributed by atoms with van der Waals surface area (Å²) in [7, 11) is 0. The molecule has 3 heteroatoms. The Morgan fingerprint density at radius 3 is 1.77 bits per heavy atom. The van der Waals surface area contributed by atoms with Gasteiger partial charge in [-0.05, 0) is 32.4 Å². The molecule has 0 unspecified atom stereocenters. The molecule has 0 aliphatic carbocycles. The van der Waals surface area contributed by atoms with Crippen LogP contribution < -0.4 is 0 Å². The zero-order chi connectivity index (χ0) is 20.0. The van der Waals surface area contributed by atoms with Gasteiger partial charge < -0.3 is 9.84 Å². The summed E-state index contributed by atoms with van der Waals surface area (Å²) in [6.07, 6.45) is 4.61. The molecule has 0 spiro atoms. The Balaban J connectivity index is 0.000000361. The lowest BCUT2D eigenvalue weighted by Gasteiger charge is -2.17. The van der Waals surface area contributed by atoms with Gasteiger partial charge in [-0.2, -0.15) is 0 Å². The Morgan fingerprint density at radius 2 is 1.46 bits per heavy atom. The van der Waals surface area contributed by atoms with Gasteiger partial charge in [-0.1, -0.05) is 80.4 Å². The lowest BCUT2D eigenvalue weighted by molar-refractivity contribution is -0.148. The van der Waals surface area contributed by atoms with Gasteiger partial charge in [0.2, 0.25) is 0 Å². The van der Waals surface area contributed by atoms with E-state index in [1.165, 1.54) is 5.56 Å². The van der Waals surface area contributed by atoms with Crippen molar-refractivity contribution < 1.29 is 14.6 Å². The van der Waals surface area contributed by atoms with Crippen LogP contribution >= 0.6 is 0 Å². The number of para-hydroxylation sites is 1. The van der Waals surface area contributed by atoms with E-state index in [0.29, 0.717) is 0 Å². The van der Waals surface area contributed by atoms with E-state index in [0.717, 1.165) is 11.6 Å². The Hall–Kier alpha value is -3.07. The third-order valence-corrected chi connectivity index (χ3v) is 2.77. The summed E-state index contributed by atoms with van der Waals surface area (Å²) in [5, 5.41) is 9.04. The van der Waals surface area contributed by atoms with Crippen molar-refractivity contribution in [2.45, 2.75) is 26.4 Å². The second-order valence-electron chi connectivity index (χ2n) is 6.12. The van der Waals surface area contributed by atoms with Gasteiger partial charge in [0.1, 0.15) is 11.4 Å². The number of ether oxygens (including phenoxy) is 1. The first-order valence-electron chi connectivity index (χ1n) is 8.16. The third-order valence-electron chi connectivity index (χ3n) is 2.77. The first-order valence-corrected chi connectivity index (χ1v) is 8.16. The molecule has 0 aromatic heterocycles. The molecule has 3 nitrogen and oxygen atoms in total. The fraction of sp³-hybridized carbons (Fsp3) is 0.174. The van der Waals surface area contributed by atoms with Crippen molar-refractivity contribution in [3.63, 3.8) is 0 Å². The van der Waals surface area contributed by atoms with Crippen molar-refractivity contribution in [3.8, 4) is 5.75 Å². The fourth-order valence-corrected chi connectivity index (χ4v) is 1.59. The Bertz CT molecular complexity index is 695. The SMILES string of the molecule is C=CC(=O)OC(C)(C)C.C=Cc1ccccc1.C=Cc1ccccc1O. The summed E-state index contributed by atoms with van der Waals surface area (Å²) in [6.45, 7) is 15.9. The van der Waals surface area contributed by atoms with Crippen LogP contribution in [0.2, 0.25) is 0 Å². The van der Waals surface area contributed by atoms with E-state index in [-0.39, 0.29) is 11.7 Å². The van der Waals surface area contributed by atoms with Crippen molar-refractivity contribution in [1.29, 1.82) is 0 Å². The molecular weight excluding hydrogens is 324 g/mol. The maximum absolute atomic E-state index is 10.5. The van der Waals surface area contributed by atoms with Crippen LogP contribution in [0.1, 0.15) is 31.9 Å².